The molecule has 5 heteroatoms. The van der Waals surface area contributed by atoms with E-state index in [-0.39, 0.29) is 11.8 Å². The van der Waals surface area contributed by atoms with Gasteiger partial charge in [-0.1, -0.05) is 29.8 Å². The summed E-state index contributed by atoms with van der Waals surface area (Å²) in [7, 11) is 0. The minimum Gasteiger partial charge on any atom is -0.361 e. The van der Waals surface area contributed by atoms with E-state index in [0.29, 0.717) is 11.4 Å². The van der Waals surface area contributed by atoms with Gasteiger partial charge in [0.1, 0.15) is 0 Å². The van der Waals surface area contributed by atoms with Crippen LogP contribution in [0, 0.1) is 0 Å². The van der Waals surface area contributed by atoms with E-state index in [4.69, 9.17) is 11.6 Å². The highest BCUT2D eigenvalue weighted by Gasteiger charge is 2.17. The Morgan fingerprint density at radius 2 is 1.81 bits per heavy atom. The Kier molecular flexibility index (Phi) is 4.99. The Morgan fingerprint density at radius 1 is 1.04 bits per heavy atom. The number of H-pyrrole nitrogens is 1. The number of halogens is 1. The number of rotatable bonds is 6. The van der Waals surface area contributed by atoms with Crippen molar-refractivity contribution in [3.63, 3.8) is 0 Å². The van der Waals surface area contributed by atoms with Crippen molar-refractivity contribution in [3.8, 4) is 0 Å². The second-order valence-electron chi connectivity index (χ2n) is 6.63. The molecule has 0 aliphatic heterocycles. The fraction of sp³-hybridized carbons (Fsp3) is 0.136. The van der Waals surface area contributed by atoms with E-state index in [1.54, 1.807) is 0 Å². The highest BCUT2D eigenvalue weighted by Crippen LogP contribution is 2.26. The lowest BCUT2D eigenvalue weighted by atomic mass is 9.95. The first-order chi connectivity index (χ1) is 13.2. The smallest absolute Gasteiger partial charge is 0.225 e. The summed E-state index contributed by atoms with van der Waals surface area (Å²) in [4.78, 5) is 16.0. The van der Waals surface area contributed by atoms with E-state index in [9.17, 15) is 4.79 Å². The second-order valence-corrected chi connectivity index (χ2v) is 7.06. The molecule has 1 atom stereocenters. The van der Waals surface area contributed by atoms with E-state index in [0.717, 1.165) is 28.7 Å². The molecule has 0 saturated carbocycles. The van der Waals surface area contributed by atoms with Gasteiger partial charge in [0, 0.05) is 53.4 Å². The number of fused-ring (bicyclic) bond motifs is 1. The Bertz CT molecular complexity index is 1040. The number of carbonyl (C=O) groups excluding carboxylic acids is 1. The Morgan fingerprint density at radius 3 is 2.59 bits per heavy atom. The van der Waals surface area contributed by atoms with Crippen LogP contribution in [0.15, 0.2) is 79.3 Å². The predicted molar refractivity (Wildman–Crippen MR) is 110 cm³/mol. The molecule has 0 fully saturated rings. The average Bonchev–Trinajstić information content (AvgIpc) is 3.34. The first-order valence-corrected chi connectivity index (χ1v) is 9.29. The molecule has 2 N–H and O–H groups in total. The Balaban J connectivity index is 1.54. The lowest BCUT2D eigenvalue weighted by Gasteiger charge is -2.18. The van der Waals surface area contributed by atoms with Crippen LogP contribution in [0.5, 0.6) is 0 Å². The SMILES string of the molecule is O=C(C[C@@H](Cn1cccc1)c1ccc(Cl)cc1)Nc1cccc2[nH]ccc12. The number of hydrogen-bond donors (Lipinski definition) is 2. The normalized spacial score (nSPS) is 12.2. The van der Waals surface area contributed by atoms with Gasteiger partial charge in [-0.25, -0.2) is 0 Å². The molecule has 0 saturated heterocycles. The molecule has 4 nitrogen and oxygen atoms in total. The van der Waals surface area contributed by atoms with Gasteiger partial charge in [-0.3, -0.25) is 4.79 Å². The molecule has 2 heterocycles. The largest absolute Gasteiger partial charge is 0.361 e. The average molecular weight is 378 g/mol. The number of benzene rings is 2. The number of nitrogens with zero attached hydrogens (tertiary/aromatic N) is 1. The third kappa shape index (κ3) is 4.07. The highest BCUT2D eigenvalue weighted by molar-refractivity contribution is 6.30. The topological polar surface area (TPSA) is 49.8 Å². The number of aromatic amines is 1. The van der Waals surface area contributed by atoms with Crippen LogP contribution < -0.4 is 5.32 Å². The standard InChI is InChI=1S/C22H20ClN3O/c23-18-8-6-16(7-9-18)17(15-26-12-1-2-13-26)14-22(27)25-21-5-3-4-20-19(21)10-11-24-20/h1-13,17,24H,14-15H2,(H,25,27)/t17-/m0/s1. The van der Waals surface area contributed by atoms with E-state index < -0.39 is 0 Å². The molecule has 27 heavy (non-hydrogen) atoms. The van der Waals surface area contributed by atoms with E-state index in [1.807, 2.05) is 79.3 Å². The van der Waals surface area contributed by atoms with Gasteiger partial charge in [0.2, 0.25) is 5.91 Å². The lowest BCUT2D eigenvalue weighted by molar-refractivity contribution is -0.116. The van der Waals surface area contributed by atoms with Gasteiger partial charge >= 0.3 is 0 Å². The maximum Gasteiger partial charge on any atom is 0.225 e. The number of carbonyl (C=O) groups is 1. The van der Waals surface area contributed by atoms with E-state index >= 15 is 0 Å². The molecule has 2 aromatic heterocycles. The molecule has 0 unspecified atom stereocenters. The van der Waals surface area contributed by atoms with Crippen molar-refractivity contribution in [2.45, 2.75) is 18.9 Å². The molecular formula is C22H20ClN3O. The lowest BCUT2D eigenvalue weighted by Crippen LogP contribution is -2.18. The zero-order valence-electron chi connectivity index (χ0n) is 14.7. The molecule has 4 aromatic rings. The zero-order valence-corrected chi connectivity index (χ0v) is 15.5. The van der Waals surface area contributed by atoms with Crippen LogP contribution >= 0.6 is 11.6 Å². The van der Waals surface area contributed by atoms with Crippen molar-refractivity contribution in [2.24, 2.45) is 0 Å². The highest BCUT2D eigenvalue weighted by atomic mass is 35.5. The molecule has 0 bridgehead atoms. The minimum atomic E-state index is -0.00388. The molecule has 0 aliphatic rings. The maximum atomic E-state index is 12.8. The summed E-state index contributed by atoms with van der Waals surface area (Å²) < 4.78 is 2.10. The van der Waals surface area contributed by atoms with Crippen molar-refractivity contribution in [2.75, 3.05) is 5.32 Å². The summed E-state index contributed by atoms with van der Waals surface area (Å²) >= 11 is 6.03. The molecule has 1 amide bonds. The monoisotopic (exact) mass is 377 g/mol. The Labute approximate surface area is 162 Å². The van der Waals surface area contributed by atoms with Gasteiger partial charge in [-0.15, -0.1) is 0 Å². The summed E-state index contributed by atoms with van der Waals surface area (Å²) in [5, 5.41) is 4.78. The van der Waals surface area contributed by atoms with Gasteiger partial charge in [0.05, 0.1) is 5.69 Å². The van der Waals surface area contributed by atoms with Crippen molar-refractivity contribution in [1.82, 2.24) is 9.55 Å². The maximum absolute atomic E-state index is 12.8. The van der Waals surface area contributed by atoms with Crippen LogP contribution in [0.1, 0.15) is 17.9 Å². The van der Waals surface area contributed by atoms with Gasteiger partial charge in [0.25, 0.3) is 0 Å². The number of nitrogens with one attached hydrogen (secondary N) is 2. The van der Waals surface area contributed by atoms with Gasteiger partial charge < -0.3 is 14.9 Å². The number of hydrogen-bond acceptors (Lipinski definition) is 1. The molecule has 136 valence electrons. The fourth-order valence-corrected chi connectivity index (χ4v) is 3.51. The van der Waals surface area contributed by atoms with Gasteiger partial charge in [0.15, 0.2) is 0 Å². The van der Waals surface area contributed by atoms with Crippen molar-refractivity contribution in [1.29, 1.82) is 0 Å². The van der Waals surface area contributed by atoms with Gasteiger partial charge in [-0.05, 0) is 48.0 Å². The van der Waals surface area contributed by atoms with Crippen LogP contribution in [0.3, 0.4) is 0 Å². The summed E-state index contributed by atoms with van der Waals surface area (Å²) in [6.45, 7) is 0.733. The predicted octanol–water partition coefficient (Wildman–Crippen LogP) is 5.44. The van der Waals surface area contributed by atoms with Crippen LogP contribution in [0.25, 0.3) is 10.9 Å². The van der Waals surface area contributed by atoms with Crippen molar-refractivity contribution < 1.29 is 4.79 Å². The fourth-order valence-electron chi connectivity index (χ4n) is 3.39. The van der Waals surface area contributed by atoms with E-state index in [2.05, 4.69) is 14.9 Å². The van der Waals surface area contributed by atoms with Crippen LogP contribution in [-0.2, 0) is 11.3 Å². The van der Waals surface area contributed by atoms with Crippen LogP contribution in [0.4, 0.5) is 5.69 Å². The number of aromatic nitrogens is 2. The van der Waals surface area contributed by atoms with Gasteiger partial charge in [-0.2, -0.15) is 0 Å². The zero-order chi connectivity index (χ0) is 18.6. The summed E-state index contributed by atoms with van der Waals surface area (Å²) in [6.07, 6.45) is 6.30. The van der Waals surface area contributed by atoms with E-state index in [1.165, 1.54) is 0 Å². The first-order valence-electron chi connectivity index (χ1n) is 8.91. The van der Waals surface area contributed by atoms with Crippen molar-refractivity contribution in [3.05, 3.63) is 89.8 Å². The Hall–Kier alpha value is -2.98. The number of amides is 1. The summed E-state index contributed by atoms with van der Waals surface area (Å²) in [5.74, 6) is 0.0518. The first kappa shape index (κ1) is 17.4. The molecule has 2 aromatic carbocycles. The van der Waals surface area contributed by atoms with Crippen LogP contribution in [-0.4, -0.2) is 15.5 Å². The minimum absolute atomic E-state index is 0.00388. The summed E-state index contributed by atoms with van der Waals surface area (Å²) in [5.41, 5.74) is 2.94. The third-order valence-electron chi connectivity index (χ3n) is 4.74. The second kappa shape index (κ2) is 7.72. The van der Waals surface area contributed by atoms with Crippen molar-refractivity contribution >= 4 is 34.1 Å². The third-order valence-corrected chi connectivity index (χ3v) is 4.99. The van der Waals surface area contributed by atoms with Crippen LogP contribution in [0.2, 0.25) is 5.02 Å². The molecule has 4 rings (SSSR count). The molecule has 0 aliphatic carbocycles. The number of anilines is 1. The quantitative estimate of drug-likeness (QED) is 0.462. The molecule has 0 radical (unpaired) electrons. The summed E-state index contributed by atoms with van der Waals surface area (Å²) in [6, 6.07) is 19.6. The molecule has 0 spiro atoms. The molecular weight excluding hydrogens is 358 g/mol.